The summed E-state index contributed by atoms with van der Waals surface area (Å²) in [5.74, 6) is -1.57. The molecule has 99 heavy (non-hydrogen) atoms. The van der Waals surface area contributed by atoms with Crippen LogP contribution in [0.25, 0.3) is 0 Å². The number of unbranched alkanes of at least 4 members (excludes halogenated alkanes) is 42. The molecule has 4 N–H and O–H groups in total. The van der Waals surface area contributed by atoms with E-state index in [1.165, 1.54) is 193 Å². The molecule has 0 radical (unpaired) electrons. The molecular formula is C81H148O16P2. The molecule has 578 valence electrons. The molecule has 5 atom stereocenters. The van der Waals surface area contributed by atoms with Gasteiger partial charge in [0.1, 0.15) is 25.4 Å². The van der Waals surface area contributed by atoms with Crippen LogP contribution in [0.15, 0.2) is 72.9 Å². The molecule has 5 unspecified atom stereocenters. The second kappa shape index (κ2) is 74.7. The number of phosphoric acid groups is 2. The number of rotatable bonds is 77. The normalized spacial score (nSPS) is 14.4. The van der Waals surface area contributed by atoms with Gasteiger partial charge in [-0.1, -0.05) is 306 Å². The summed E-state index contributed by atoms with van der Waals surface area (Å²) in [7, 11) is -9.78. The summed E-state index contributed by atoms with van der Waals surface area (Å²) in [6.45, 7) is 2.67. The summed E-state index contributed by atoms with van der Waals surface area (Å²) in [6.07, 6.45) is 82.5. The van der Waals surface area contributed by atoms with Gasteiger partial charge in [-0.05, 0) is 116 Å². The van der Waals surface area contributed by atoms with Crippen molar-refractivity contribution in [3.63, 3.8) is 0 Å². The highest BCUT2D eigenvalue weighted by Crippen LogP contribution is 2.45. The Morgan fingerprint density at radius 1 is 0.283 bits per heavy atom. The maximum absolute atomic E-state index is 12.9. The highest BCUT2D eigenvalue weighted by molar-refractivity contribution is 7.47. The molecule has 0 bridgehead atoms. The summed E-state index contributed by atoms with van der Waals surface area (Å²) in [5.41, 5.74) is 0. The molecule has 0 saturated carbocycles. The summed E-state index contributed by atoms with van der Waals surface area (Å²) in [5, 5.41) is 20.6. The lowest BCUT2D eigenvalue weighted by atomic mass is 10.0. The van der Waals surface area contributed by atoms with Crippen molar-refractivity contribution in [1.29, 1.82) is 0 Å². The molecule has 0 rings (SSSR count). The van der Waals surface area contributed by atoms with Crippen molar-refractivity contribution >= 4 is 33.6 Å². The van der Waals surface area contributed by atoms with Gasteiger partial charge in [0.15, 0.2) is 6.10 Å². The minimum atomic E-state index is -4.92. The van der Waals surface area contributed by atoms with E-state index in [-0.39, 0.29) is 19.3 Å². The second-order valence-corrected chi connectivity index (χ2v) is 30.1. The van der Waals surface area contributed by atoms with Crippen LogP contribution in [0.1, 0.15) is 367 Å². The van der Waals surface area contributed by atoms with Gasteiger partial charge in [-0.15, -0.1) is 0 Å². The Balaban J connectivity index is 4.37. The van der Waals surface area contributed by atoms with E-state index < -0.39 is 91.5 Å². The zero-order valence-electron chi connectivity index (χ0n) is 63.2. The molecule has 0 aliphatic rings. The minimum Gasteiger partial charge on any atom is -0.463 e. The molecule has 0 fully saturated rings. The van der Waals surface area contributed by atoms with E-state index in [9.17, 15) is 43.5 Å². The van der Waals surface area contributed by atoms with Crippen molar-refractivity contribution in [2.45, 2.75) is 386 Å². The molecule has 18 heteroatoms. The van der Waals surface area contributed by atoms with Crippen LogP contribution in [0.4, 0.5) is 0 Å². The van der Waals surface area contributed by atoms with Crippen molar-refractivity contribution in [1.82, 2.24) is 0 Å². The molecule has 0 aromatic heterocycles. The van der Waals surface area contributed by atoms with Crippen molar-refractivity contribution in [3.05, 3.63) is 72.9 Å². The number of esters is 3. The maximum Gasteiger partial charge on any atom is 0.472 e. The number of aliphatic hydroxyl groups is 2. The first-order chi connectivity index (χ1) is 48.2. The van der Waals surface area contributed by atoms with Crippen LogP contribution in [0, 0.1) is 0 Å². The highest BCUT2D eigenvalue weighted by atomic mass is 31.2. The standard InChI is InChI=1S/C81H148O16P2/c1-4-7-10-13-16-19-22-25-28-29-30-31-32-33-34-35-36-37-38-39-40-41-42-43-44-45-48-50-52-55-58-61-64-67-79(84)91-70-76(82)71-93-98(87,88)94-72-77(83)73-95-99(89,90)96-75-78(97-81(86)69-66-63-60-57-54-51-47-27-24-21-18-15-12-9-6-3)74-92-80(85)68-65-62-59-56-53-49-46-26-23-20-17-14-11-8-5-2/h16,19,25-28,30-31,33-34,46-47,76-78,82-83H,4-15,17-18,20-24,29,32,35-45,48-75H2,1-3H3,(H,87,88)(H,89,90)/b19-16-,28-25-,31-30-,34-33-,46-26-,47-27-. The molecule has 0 heterocycles. The Labute approximate surface area is 604 Å². The summed E-state index contributed by atoms with van der Waals surface area (Å²) in [4.78, 5) is 58.5. The number of aliphatic hydroxyl groups excluding tert-OH is 2. The Hall–Kier alpha value is -3.01. The Morgan fingerprint density at radius 2 is 0.505 bits per heavy atom. The number of allylic oxidation sites excluding steroid dienone is 12. The van der Waals surface area contributed by atoms with Crippen molar-refractivity contribution < 1.29 is 75.8 Å². The van der Waals surface area contributed by atoms with Gasteiger partial charge in [0.2, 0.25) is 0 Å². The van der Waals surface area contributed by atoms with Crippen LogP contribution in [0.3, 0.4) is 0 Å². The first kappa shape index (κ1) is 96.0. The fourth-order valence-electron chi connectivity index (χ4n) is 11.2. The summed E-state index contributed by atoms with van der Waals surface area (Å²) in [6, 6.07) is 0. The number of hydrogen-bond acceptors (Lipinski definition) is 14. The average Bonchev–Trinajstić information content (AvgIpc) is 1.43. The van der Waals surface area contributed by atoms with E-state index in [1.807, 2.05) is 0 Å². The monoisotopic (exact) mass is 1440 g/mol. The van der Waals surface area contributed by atoms with Gasteiger partial charge < -0.3 is 34.2 Å². The van der Waals surface area contributed by atoms with Crippen LogP contribution in [-0.2, 0) is 55.8 Å². The van der Waals surface area contributed by atoms with E-state index >= 15 is 0 Å². The molecule has 0 aromatic carbocycles. The van der Waals surface area contributed by atoms with Crippen LogP contribution >= 0.6 is 15.6 Å². The van der Waals surface area contributed by atoms with Crippen molar-refractivity contribution in [3.8, 4) is 0 Å². The molecule has 0 amide bonds. The van der Waals surface area contributed by atoms with Gasteiger partial charge >= 0.3 is 33.6 Å². The second-order valence-electron chi connectivity index (χ2n) is 27.2. The number of ether oxygens (including phenoxy) is 3. The van der Waals surface area contributed by atoms with Crippen LogP contribution < -0.4 is 0 Å². The molecule has 0 aromatic rings. The zero-order chi connectivity index (χ0) is 72.3. The van der Waals surface area contributed by atoms with Gasteiger partial charge in [0.05, 0.1) is 26.4 Å². The van der Waals surface area contributed by atoms with Crippen molar-refractivity contribution in [2.24, 2.45) is 0 Å². The van der Waals surface area contributed by atoms with Gasteiger partial charge in [-0.25, -0.2) is 9.13 Å². The number of phosphoric ester groups is 2. The van der Waals surface area contributed by atoms with Gasteiger partial charge in [0, 0.05) is 19.3 Å². The largest absolute Gasteiger partial charge is 0.472 e. The summed E-state index contributed by atoms with van der Waals surface area (Å²) >= 11 is 0. The van der Waals surface area contributed by atoms with E-state index in [0.29, 0.717) is 19.3 Å². The van der Waals surface area contributed by atoms with Gasteiger partial charge in [-0.3, -0.25) is 32.5 Å². The first-order valence-corrected chi connectivity index (χ1v) is 43.2. The Morgan fingerprint density at radius 3 is 0.828 bits per heavy atom. The van der Waals surface area contributed by atoms with Crippen LogP contribution in [0.2, 0.25) is 0 Å². The number of carbonyl (C=O) groups is 3. The Kier molecular flexibility index (Phi) is 72.4. The van der Waals surface area contributed by atoms with E-state index in [4.69, 9.17) is 32.3 Å². The quantitative estimate of drug-likeness (QED) is 0.0146. The van der Waals surface area contributed by atoms with E-state index in [0.717, 1.165) is 116 Å². The maximum atomic E-state index is 12.9. The van der Waals surface area contributed by atoms with E-state index in [2.05, 4.69) is 93.7 Å². The van der Waals surface area contributed by atoms with Gasteiger partial charge in [0.25, 0.3) is 0 Å². The number of hydrogen-bond donors (Lipinski definition) is 4. The lowest BCUT2D eigenvalue weighted by Crippen LogP contribution is -2.30. The number of carbonyl (C=O) groups excluding carboxylic acids is 3. The predicted octanol–water partition coefficient (Wildman–Crippen LogP) is 23.4. The average molecular weight is 1440 g/mol. The molecule has 16 nitrogen and oxygen atoms in total. The molecule has 0 aliphatic heterocycles. The third kappa shape index (κ3) is 76.0. The molecule has 0 aliphatic carbocycles. The summed E-state index contributed by atoms with van der Waals surface area (Å²) < 4.78 is 61.1. The smallest absolute Gasteiger partial charge is 0.463 e. The lowest BCUT2D eigenvalue weighted by molar-refractivity contribution is -0.161. The molecule has 0 saturated heterocycles. The third-order valence-electron chi connectivity index (χ3n) is 17.4. The highest BCUT2D eigenvalue weighted by Gasteiger charge is 2.29. The van der Waals surface area contributed by atoms with Gasteiger partial charge in [-0.2, -0.15) is 0 Å². The SMILES string of the molecule is CCCCC/C=C\C/C=C\C/C=C\C/C=C\CCCCCCCCCCCCCCCCCCCC(=O)OCC(O)COP(=O)(O)OCC(O)COP(=O)(O)OCC(COC(=O)CCCCCCC/C=C\CCCCCCCC)OC(=O)CCCCCCC/C=C\CCCCCCCC. The Bertz CT molecular complexity index is 2090. The fourth-order valence-corrected chi connectivity index (χ4v) is 12.8. The molecule has 0 spiro atoms. The predicted molar refractivity (Wildman–Crippen MR) is 408 cm³/mol. The molecular weight excluding hydrogens is 1290 g/mol. The minimum absolute atomic E-state index is 0.0968. The van der Waals surface area contributed by atoms with Crippen molar-refractivity contribution in [2.75, 3.05) is 39.6 Å². The zero-order valence-corrected chi connectivity index (χ0v) is 65.0. The topological polar surface area (TPSA) is 231 Å². The first-order valence-electron chi connectivity index (χ1n) is 40.2. The fraction of sp³-hybridized carbons (Fsp3) is 0.815. The third-order valence-corrected chi connectivity index (χ3v) is 19.3. The van der Waals surface area contributed by atoms with Crippen LogP contribution in [0.5, 0.6) is 0 Å². The van der Waals surface area contributed by atoms with Crippen LogP contribution in [-0.4, -0.2) is 95.9 Å². The van der Waals surface area contributed by atoms with E-state index in [1.54, 1.807) is 0 Å². The lowest BCUT2D eigenvalue weighted by Gasteiger charge is -2.21.